The van der Waals surface area contributed by atoms with E-state index in [-0.39, 0.29) is 6.10 Å². The lowest BCUT2D eigenvalue weighted by Crippen LogP contribution is -2.30. The molecule has 2 aromatic carbocycles. The summed E-state index contributed by atoms with van der Waals surface area (Å²) in [5.41, 5.74) is 2.33. The number of hydrogen-bond acceptors (Lipinski definition) is 2. The third-order valence-electron chi connectivity index (χ3n) is 3.30. The summed E-state index contributed by atoms with van der Waals surface area (Å²) in [6.45, 7) is 7.14. The minimum Gasteiger partial charge on any atom is -0.484 e. The third-order valence-corrected chi connectivity index (χ3v) is 3.80. The van der Waals surface area contributed by atoms with Crippen molar-refractivity contribution < 1.29 is 4.74 Å². The Morgan fingerprint density at radius 2 is 1.81 bits per heavy atom. The third kappa shape index (κ3) is 4.87. The molecule has 1 unspecified atom stereocenters. The monoisotopic (exact) mass is 347 g/mol. The van der Waals surface area contributed by atoms with Crippen molar-refractivity contribution in [1.29, 1.82) is 0 Å². The van der Waals surface area contributed by atoms with Gasteiger partial charge in [0.2, 0.25) is 0 Å². The van der Waals surface area contributed by atoms with Crippen LogP contribution in [0.15, 0.2) is 53.0 Å². The molecule has 0 aliphatic carbocycles. The molecule has 0 saturated carbocycles. The van der Waals surface area contributed by atoms with Gasteiger partial charge in [-0.25, -0.2) is 0 Å². The number of rotatable bonds is 6. The Balaban J connectivity index is 2.21. The van der Waals surface area contributed by atoms with Gasteiger partial charge in [0.1, 0.15) is 11.9 Å². The fourth-order valence-corrected chi connectivity index (χ4v) is 2.43. The molecule has 1 N–H and O–H groups in total. The first-order chi connectivity index (χ1) is 10.1. The summed E-state index contributed by atoms with van der Waals surface area (Å²) < 4.78 is 7.30. The Morgan fingerprint density at radius 1 is 1.10 bits per heavy atom. The fraction of sp³-hybridized carbons (Fsp3) is 0.333. The lowest BCUT2D eigenvalue weighted by Gasteiger charge is -2.22. The van der Waals surface area contributed by atoms with E-state index in [0.717, 1.165) is 22.3 Å². The van der Waals surface area contributed by atoms with Crippen molar-refractivity contribution in [3.05, 3.63) is 64.1 Å². The summed E-state index contributed by atoms with van der Waals surface area (Å²) in [4.78, 5) is 0. The molecule has 2 rings (SSSR count). The molecule has 0 fully saturated rings. The summed E-state index contributed by atoms with van der Waals surface area (Å²) in [5.74, 6) is 0.920. The van der Waals surface area contributed by atoms with Crippen LogP contribution in [0.5, 0.6) is 5.75 Å². The second-order valence-corrected chi connectivity index (χ2v) is 6.41. The van der Waals surface area contributed by atoms with E-state index in [1.165, 1.54) is 5.56 Å². The first-order valence-corrected chi connectivity index (χ1v) is 8.06. The Morgan fingerprint density at radius 3 is 2.48 bits per heavy atom. The van der Waals surface area contributed by atoms with Crippen molar-refractivity contribution in [2.75, 3.05) is 6.54 Å². The lowest BCUT2D eigenvalue weighted by atomic mass is 10.1. The van der Waals surface area contributed by atoms with Crippen LogP contribution in [0.4, 0.5) is 0 Å². The van der Waals surface area contributed by atoms with Gasteiger partial charge in [0, 0.05) is 17.1 Å². The molecule has 0 heterocycles. The second kappa shape index (κ2) is 7.62. The summed E-state index contributed by atoms with van der Waals surface area (Å²) in [6, 6.07) is 16.9. The molecule has 2 aromatic rings. The molecule has 0 bridgehead atoms. The Kier molecular flexibility index (Phi) is 5.83. The van der Waals surface area contributed by atoms with E-state index in [4.69, 9.17) is 4.74 Å². The van der Waals surface area contributed by atoms with Gasteiger partial charge < -0.3 is 10.1 Å². The van der Waals surface area contributed by atoms with E-state index in [1.807, 2.05) is 18.2 Å². The standard InChI is InChI=1S/C18H22BrNO/c1-13(2)20-12-18(15-7-5-4-6-8-15)21-17-11-16(19)10-9-14(17)3/h4-11,13,18,20H,12H2,1-3H3. The molecule has 0 spiro atoms. The van der Waals surface area contributed by atoms with Gasteiger partial charge in [-0.3, -0.25) is 0 Å². The van der Waals surface area contributed by atoms with Crippen LogP contribution in [0.1, 0.15) is 31.1 Å². The highest BCUT2D eigenvalue weighted by Crippen LogP contribution is 2.28. The zero-order chi connectivity index (χ0) is 15.2. The molecular weight excluding hydrogens is 326 g/mol. The average molecular weight is 348 g/mol. The molecule has 1 atom stereocenters. The highest BCUT2D eigenvalue weighted by atomic mass is 79.9. The first kappa shape index (κ1) is 16.1. The lowest BCUT2D eigenvalue weighted by molar-refractivity contribution is 0.197. The molecule has 0 aliphatic rings. The minimum atomic E-state index is 0.00148. The number of aryl methyl sites for hydroxylation is 1. The highest BCUT2D eigenvalue weighted by molar-refractivity contribution is 9.10. The van der Waals surface area contributed by atoms with Gasteiger partial charge in [0.15, 0.2) is 0 Å². The molecule has 21 heavy (non-hydrogen) atoms. The van der Waals surface area contributed by atoms with Crippen LogP contribution >= 0.6 is 15.9 Å². The molecule has 0 amide bonds. The Labute approximate surface area is 135 Å². The van der Waals surface area contributed by atoms with Gasteiger partial charge >= 0.3 is 0 Å². The summed E-state index contributed by atoms with van der Waals surface area (Å²) >= 11 is 3.51. The maximum absolute atomic E-state index is 6.27. The van der Waals surface area contributed by atoms with Crippen molar-refractivity contribution in [3.8, 4) is 5.75 Å². The van der Waals surface area contributed by atoms with Crippen LogP contribution in [0.25, 0.3) is 0 Å². The minimum absolute atomic E-state index is 0.00148. The molecule has 112 valence electrons. The maximum Gasteiger partial charge on any atom is 0.136 e. The Hall–Kier alpha value is -1.32. The molecule has 2 nitrogen and oxygen atoms in total. The number of ether oxygens (including phenoxy) is 1. The SMILES string of the molecule is Cc1ccc(Br)cc1OC(CNC(C)C)c1ccccc1. The molecular formula is C18H22BrNO. The zero-order valence-electron chi connectivity index (χ0n) is 12.8. The van der Waals surface area contributed by atoms with E-state index in [0.29, 0.717) is 6.04 Å². The smallest absolute Gasteiger partial charge is 0.136 e. The van der Waals surface area contributed by atoms with Gasteiger partial charge in [-0.15, -0.1) is 0 Å². The number of nitrogens with one attached hydrogen (secondary N) is 1. The van der Waals surface area contributed by atoms with Crippen molar-refractivity contribution in [2.45, 2.75) is 32.9 Å². The molecule has 0 radical (unpaired) electrons. The largest absolute Gasteiger partial charge is 0.484 e. The van der Waals surface area contributed by atoms with Gasteiger partial charge in [-0.1, -0.05) is 66.2 Å². The number of benzene rings is 2. The van der Waals surface area contributed by atoms with Gasteiger partial charge in [-0.2, -0.15) is 0 Å². The van der Waals surface area contributed by atoms with Crippen LogP contribution in [0.2, 0.25) is 0 Å². The van der Waals surface area contributed by atoms with Crippen LogP contribution in [-0.4, -0.2) is 12.6 Å². The number of hydrogen-bond donors (Lipinski definition) is 1. The van der Waals surface area contributed by atoms with E-state index < -0.39 is 0 Å². The van der Waals surface area contributed by atoms with E-state index >= 15 is 0 Å². The summed E-state index contributed by atoms with van der Waals surface area (Å²) in [7, 11) is 0. The van der Waals surface area contributed by atoms with Crippen LogP contribution in [0.3, 0.4) is 0 Å². The summed E-state index contributed by atoms with van der Waals surface area (Å²) in [6.07, 6.45) is 0.00148. The topological polar surface area (TPSA) is 21.3 Å². The van der Waals surface area contributed by atoms with Gasteiger partial charge in [0.05, 0.1) is 0 Å². The molecule has 3 heteroatoms. The average Bonchev–Trinajstić information content (AvgIpc) is 2.47. The molecule has 0 saturated heterocycles. The predicted molar refractivity (Wildman–Crippen MR) is 91.8 cm³/mol. The Bertz CT molecular complexity index is 569. The fourth-order valence-electron chi connectivity index (χ4n) is 2.09. The van der Waals surface area contributed by atoms with Gasteiger partial charge in [0.25, 0.3) is 0 Å². The quantitative estimate of drug-likeness (QED) is 0.804. The van der Waals surface area contributed by atoms with Crippen LogP contribution in [-0.2, 0) is 0 Å². The molecule has 0 aliphatic heterocycles. The first-order valence-electron chi connectivity index (χ1n) is 7.27. The van der Waals surface area contributed by atoms with Crippen molar-refractivity contribution in [3.63, 3.8) is 0 Å². The highest BCUT2D eigenvalue weighted by Gasteiger charge is 2.15. The van der Waals surface area contributed by atoms with E-state index in [9.17, 15) is 0 Å². The summed E-state index contributed by atoms with van der Waals surface area (Å²) in [5, 5.41) is 3.46. The second-order valence-electron chi connectivity index (χ2n) is 5.49. The van der Waals surface area contributed by atoms with Crippen LogP contribution in [0, 0.1) is 6.92 Å². The van der Waals surface area contributed by atoms with Crippen molar-refractivity contribution in [2.24, 2.45) is 0 Å². The zero-order valence-corrected chi connectivity index (χ0v) is 14.4. The van der Waals surface area contributed by atoms with Crippen molar-refractivity contribution in [1.82, 2.24) is 5.32 Å². The van der Waals surface area contributed by atoms with Crippen molar-refractivity contribution >= 4 is 15.9 Å². The van der Waals surface area contributed by atoms with Gasteiger partial charge in [-0.05, 0) is 30.2 Å². The molecule has 0 aromatic heterocycles. The van der Waals surface area contributed by atoms with Crippen LogP contribution < -0.4 is 10.1 Å². The van der Waals surface area contributed by atoms with E-state index in [1.54, 1.807) is 0 Å². The maximum atomic E-state index is 6.27. The number of halogens is 1. The predicted octanol–water partition coefficient (Wildman–Crippen LogP) is 4.88. The normalized spacial score (nSPS) is 12.4. The van der Waals surface area contributed by atoms with E-state index in [2.05, 4.69) is 72.3 Å².